The van der Waals surface area contributed by atoms with Gasteiger partial charge in [0.25, 0.3) is 0 Å². The molecule has 320 valence electrons. The number of carbonyl (C=O) groups is 2. The highest BCUT2D eigenvalue weighted by Crippen LogP contribution is 2.22. The summed E-state index contributed by atoms with van der Waals surface area (Å²) in [6.45, 7) is 3.21. The smallest absolute Gasteiger partial charge is 0.306 e. The number of allylic oxidation sites excluding steroid dienone is 12. The van der Waals surface area contributed by atoms with Crippen LogP contribution in [0.1, 0.15) is 149 Å². The van der Waals surface area contributed by atoms with Gasteiger partial charge in [0, 0.05) is 12.8 Å². The van der Waals surface area contributed by atoms with Crippen LogP contribution >= 0.6 is 0 Å². The lowest BCUT2D eigenvalue weighted by Gasteiger charge is -2.39. The van der Waals surface area contributed by atoms with Gasteiger partial charge in [-0.25, -0.2) is 0 Å². The van der Waals surface area contributed by atoms with E-state index in [1.165, 1.54) is 32.1 Å². The highest BCUT2D eigenvalue weighted by Gasteiger charge is 2.44. The zero-order chi connectivity index (χ0) is 40.9. The molecule has 1 aliphatic rings. The van der Waals surface area contributed by atoms with Crippen LogP contribution in [0.25, 0.3) is 0 Å². The summed E-state index contributed by atoms with van der Waals surface area (Å²) in [7, 11) is 0. The van der Waals surface area contributed by atoms with Crippen LogP contribution < -0.4 is 0 Å². The van der Waals surface area contributed by atoms with E-state index in [0.29, 0.717) is 19.3 Å². The molecular formula is C46H76O10. The normalized spacial score (nSPS) is 21.1. The number of unbranched alkanes of at least 4 members (excludes halogenated alkanes) is 11. The van der Waals surface area contributed by atoms with Crippen LogP contribution in [-0.2, 0) is 28.5 Å². The molecule has 0 saturated carbocycles. The van der Waals surface area contributed by atoms with Crippen molar-refractivity contribution in [3.05, 3.63) is 72.9 Å². The first-order valence-corrected chi connectivity index (χ1v) is 21.5. The van der Waals surface area contributed by atoms with Gasteiger partial charge in [-0.2, -0.15) is 0 Å². The van der Waals surface area contributed by atoms with E-state index < -0.39 is 55.4 Å². The van der Waals surface area contributed by atoms with E-state index >= 15 is 0 Å². The third-order valence-electron chi connectivity index (χ3n) is 9.33. The molecule has 56 heavy (non-hydrogen) atoms. The molecule has 4 N–H and O–H groups in total. The fraction of sp³-hybridized carbons (Fsp3) is 0.696. The summed E-state index contributed by atoms with van der Waals surface area (Å²) in [6, 6.07) is 0. The molecule has 1 saturated heterocycles. The van der Waals surface area contributed by atoms with Gasteiger partial charge < -0.3 is 39.4 Å². The number of ether oxygens (including phenoxy) is 4. The second-order valence-corrected chi connectivity index (χ2v) is 14.4. The Morgan fingerprint density at radius 2 is 1.07 bits per heavy atom. The summed E-state index contributed by atoms with van der Waals surface area (Å²) in [4.78, 5) is 25.3. The minimum Gasteiger partial charge on any atom is -0.462 e. The summed E-state index contributed by atoms with van der Waals surface area (Å²) in [5.74, 6) is -0.892. The van der Waals surface area contributed by atoms with Crippen LogP contribution in [-0.4, -0.2) is 89.0 Å². The Morgan fingerprint density at radius 1 is 0.571 bits per heavy atom. The van der Waals surface area contributed by atoms with E-state index in [9.17, 15) is 30.0 Å². The van der Waals surface area contributed by atoms with Crippen molar-refractivity contribution in [3.8, 4) is 0 Å². The summed E-state index contributed by atoms with van der Waals surface area (Å²) in [5, 5.41) is 40.0. The Kier molecular flexibility index (Phi) is 33.3. The fourth-order valence-electron chi connectivity index (χ4n) is 5.92. The van der Waals surface area contributed by atoms with Crippen LogP contribution in [0.15, 0.2) is 72.9 Å². The summed E-state index contributed by atoms with van der Waals surface area (Å²) < 4.78 is 22.0. The van der Waals surface area contributed by atoms with E-state index in [-0.39, 0.29) is 26.1 Å². The van der Waals surface area contributed by atoms with Gasteiger partial charge >= 0.3 is 11.9 Å². The van der Waals surface area contributed by atoms with Crippen molar-refractivity contribution in [1.82, 2.24) is 0 Å². The first kappa shape index (κ1) is 51.2. The summed E-state index contributed by atoms with van der Waals surface area (Å²) in [6.07, 6.45) is 37.7. The molecule has 1 rings (SSSR count). The zero-order valence-corrected chi connectivity index (χ0v) is 34.6. The molecule has 10 nitrogen and oxygen atoms in total. The molecule has 0 aromatic heterocycles. The van der Waals surface area contributed by atoms with Crippen molar-refractivity contribution in [1.29, 1.82) is 0 Å². The SMILES string of the molecule is CC/C=C/C/C=C/C/C=C/C/C=C/C/C=C/CCCC(=O)O[C@H](COC(=O)CCCCCCC/C=C/CCCCCCC)CO[C@@H]1O[C@H](CO)[C@H](O)C(O)C1O. The molecule has 0 aliphatic carbocycles. The molecule has 2 unspecified atom stereocenters. The number of esters is 2. The largest absolute Gasteiger partial charge is 0.462 e. The number of aliphatic hydroxyl groups excluding tert-OH is 4. The second kappa shape index (κ2) is 36.5. The van der Waals surface area contributed by atoms with Crippen LogP contribution in [0.2, 0.25) is 0 Å². The fourth-order valence-corrected chi connectivity index (χ4v) is 5.92. The maximum absolute atomic E-state index is 12.7. The predicted octanol–water partition coefficient (Wildman–Crippen LogP) is 8.83. The van der Waals surface area contributed by atoms with Gasteiger partial charge in [-0.15, -0.1) is 0 Å². The standard InChI is InChI=1S/C46H76O10/c1-3-5-7-9-11-13-15-17-19-20-21-23-25-27-29-31-33-35-42(49)55-39(38-54-46-45(52)44(51)43(50)40(36-47)56-46)37-53-41(48)34-32-30-28-26-24-22-18-16-14-12-10-8-6-4-2/h5,7,11,13,16-19,21,23,27,29,39-40,43-47,50-52H,3-4,6,8-10,12,14-15,20,22,24-26,28,30-38H2,1-2H3/b7-5+,13-11+,18-16+,19-17+,23-21+,29-27+/t39-,40-,43+,44?,45?,46-/m1/s1. The number of rotatable bonds is 34. The Hall–Kier alpha value is -2.86. The Bertz CT molecular complexity index is 1140. The average molecular weight is 789 g/mol. The number of carbonyl (C=O) groups excluding carboxylic acids is 2. The Balaban J connectivity index is 2.42. The monoisotopic (exact) mass is 789 g/mol. The van der Waals surface area contributed by atoms with Gasteiger partial charge in [0.1, 0.15) is 31.0 Å². The van der Waals surface area contributed by atoms with Gasteiger partial charge in [0.05, 0.1) is 13.2 Å². The average Bonchev–Trinajstić information content (AvgIpc) is 3.19. The Morgan fingerprint density at radius 3 is 1.66 bits per heavy atom. The lowest BCUT2D eigenvalue weighted by Crippen LogP contribution is -2.59. The highest BCUT2D eigenvalue weighted by molar-refractivity contribution is 5.70. The van der Waals surface area contributed by atoms with Gasteiger partial charge in [0.2, 0.25) is 0 Å². The van der Waals surface area contributed by atoms with Crippen molar-refractivity contribution < 1.29 is 49.0 Å². The maximum Gasteiger partial charge on any atom is 0.306 e. The van der Waals surface area contributed by atoms with Crippen LogP contribution in [0.4, 0.5) is 0 Å². The number of hydrogen-bond acceptors (Lipinski definition) is 10. The second-order valence-electron chi connectivity index (χ2n) is 14.4. The molecule has 0 aromatic carbocycles. The molecule has 1 heterocycles. The molecule has 1 fully saturated rings. The molecule has 1 aliphatic heterocycles. The van der Waals surface area contributed by atoms with Crippen LogP contribution in [0.3, 0.4) is 0 Å². The topological polar surface area (TPSA) is 152 Å². The van der Waals surface area contributed by atoms with E-state index in [0.717, 1.165) is 70.6 Å². The van der Waals surface area contributed by atoms with E-state index in [4.69, 9.17) is 18.9 Å². The van der Waals surface area contributed by atoms with Crippen molar-refractivity contribution in [2.24, 2.45) is 0 Å². The molecule has 0 amide bonds. The highest BCUT2D eigenvalue weighted by atomic mass is 16.7. The lowest BCUT2D eigenvalue weighted by molar-refractivity contribution is -0.305. The van der Waals surface area contributed by atoms with Crippen molar-refractivity contribution >= 4 is 11.9 Å². The quantitative estimate of drug-likeness (QED) is 0.0283. The third kappa shape index (κ3) is 27.7. The lowest BCUT2D eigenvalue weighted by atomic mass is 9.99. The summed E-state index contributed by atoms with van der Waals surface area (Å²) in [5.41, 5.74) is 0. The molecule has 10 heteroatoms. The van der Waals surface area contributed by atoms with E-state index in [1.54, 1.807) is 0 Å². The van der Waals surface area contributed by atoms with Gasteiger partial charge in [-0.1, -0.05) is 132 Å². The zero-order valence-electron chi connectivity index (χ0n) is 34.6. The van der Waals surface area contributed by atoms with E-state index in [1.807, 2.05) is 6.08 Å². The number of aliphatic hydroxyl groups is 4. The van der Waals surface area contributed by atoms with Crippen LogP contribution in [0.5, 0.6) is 0 Å². The van der Waals surface area contributed by atoms with Crippen LogP contribution in [0, 0.1) is 0 Å². The van der Waals surface area contributed by atoms with Gasteiger partial charge in [0.15, 0.2) is 12.4 Å². The Labute approximate surface area is 338 Å². The first-order chi connectivity index (χ1) is 27.3. The summed E-state index contributed by atoms with van der Waals surface area (Å²) >= 11 is 0. The van der Waals surface area contributed by atoms with Gasteiger partial charge in [-0.3, -0.25) is 9.59 Å². The van der Waals surface area contributed by atoms with Gasteiger partial charge in [-0.05, 0) is 77.0 Å². The molecular weight excluding hydrogens is 712 g/mol. The molecule has 0 aromatic rings. The molecule has 0 spiro atoms. The van der Waals surface area contributed by atoms with Crippen molar-refractivity contribution in [2.75, 3.05) is 19.8 Å². The van der Waals surface area contributed by atoms with Crippen molar-refractivity contribution in [3.63, 3.8) is 0 Å². The predicted molar refractivity (Wildman–Crippen MR) is 224 cm³/mol. The molecule has 0 bridgehead atoms. The number of hydrogen-bond donors (Lipinski definition) is 4. The maximum atomic E-state index is 12.7. The molecule has 6 atom stereocenters. The first-order valence-electron chi connectivity index (χ1n) is 21.5. The minimum absolute atomic E-state index is 0.146. The minimum atomic E-state index is -1.61. The van der Waals surface area contributed by atoms with E-state index in [2.05, 4.69) is 80.7 Å². The third-order valence-corrected chi connectivity index (χ3v) is 9.33. The van der Waals surface area contributed by atoms with Crippen molar-refractivity contribution in [2.45, 2.75) is 185 Å². The molecule has 0 radical (unpaired) electrons.